The molecule has 3 rings (SSSR count). The number of piperidine rings is 1. The zero-order valence-electron chi connectivity index (χ0n) is 12.7. The Bertz CT molecular complexity index is 417. The van der Waals surface area contributed by atoms with E-state index in [-0.39, 0.29) is 50.0 Å². The summed E-state index contributed by atoms with van der Waals surface area (Å²) in [4.78, 5) is 0. The van der Waals surface area contributed by atoms with Gasteiger partial charge in [-0.2, -0.15) is 17.7 Å². The molecule has 110 valence electrons. The summed E-state index contributed by atoms with van der Waals surface area (Å²) in [5.74, 6) is 0. The fourth-order valence-corrected chi connectivity index (χ4v) is 3.36. The van der Waals surface area contributed by atoms with Gasteiger partial charge in [0.2, 0.25) is 0 Å². The van der Waals surface area contributed by atoms with Crippen LogP contribution in [0.5, 0.6) is 0 Å². The summed E-state index contributed by atoms with van der Waals surface area (Å²) in [5.41, 5.74) is 9.28. The molecule has 0 amide bonds. The second-order valence-electron chi connectivity index (χ2n) is 5.03. The molecule has 1 heterocycles. The topological polar surface area (TPSA) is 38.0 Å². The minimum Gasteiger partial charge on any atom is -0.358 e. The minimum absolute atomic E-state index is 0. The maximum atomic E-state index is 6.42. The molecule has 0 radical (unpaired) electrons. The fourth-order valence-electron chi connectivity index (χ4n) is 3.18. The number of hydrogen-bond donors (Lipinski definition) is 2. The van der Waals surface area contributed by atoms with Crippen molar-refractivity contribution < 1.29 is 31.1 Å². The molecule has 0 saturated carbocycles. The quantitative estimate of drug-likeness (QED) is 0.516. The van der Waals surface area contributed by atoms with Crippen LogP contribution in [0.3, 0.4) is 0 Å². The van der Waals surface area contributed by atoms with Crippen molar-refractivity contribution >= 4 is 11.6 Å². The molecule has 1 aliphatic carbocycles. The van der Waals surface area contributed by atoms with Gasteiger partial charge in [0, 0.05) is 6.04 Å². The summed E-state index contributed by atoms with van der Waals surface area (Å²) in [6, 6.07) is 7.24. The first kappa shape index (κ1) is 20.5. The third kappa shape index (κ3) is 3.81. The molecule has 1 unspecified atom stereocenters. The van der Waals surface area contributed by atoms with Crippen LogP contribution in [0.4, 0.5) is 0 Å². The van der Waals surface area contributed by atoms with Gasteiger partial charge in [0.1, 0.15) is 0 Å². The van der Waals surface area contributed by atoms with Crippen molar-refractivity contribution in [3.8, 4) is 0 Å². The van der Waals surface area contributed by atoms with Crippen LogP contribution in [0, 0.1) is 50.0 Å². The van der Waals surface area contributed by atoms with Gasteiger partial charge in [0.15, 0.2) is 0 Å². The zero-order valence-corrected chi connectivity index (χ0v) is 17.6. The zero-order chi connectivity index (χ0) is 13.2. The van der Waals surface area contributed by atoms with Crippen LogP contribution >= 0.6 is 11.6 Å². The summed E-state index contributed by atoms with van der Waals surface area (Å²) in [6.07, 6.45) is 3.43. The number of fused-ring (bicyclic) bond motifs is 1. The summed E-state index contributed by atoms with van der Waals surface area (Å²) >= 11 is 5.99. The number of nitrogens with one attached hydrogen (secondary N) is 1. The van der Waals surface area contributed by atoms with Crippen LogP contribution in [0.15, 0.2) is 12.1 Å². The molecule has 0 aromatic heterocycles. The van der Waals surface area contributed by atoms with E-state index in [0.29, 0.717) is 5.02 Å². The summed E-state index contributed by atoms with van der Waals surface area (Å²) in [7, 11) is 0. The number of benzene rings is 1. The SMILES string of the molecule is CC.NC1c2cc(Cl)[c-]cc2CC12CCNCC2.[CH3-].[U+2]. The number of rotatable bonds is 0. The van der Waals surface area contributed by atoms with E-state index < -0.39 is 0 Å². The van der Waals surface area contributed by atoms with E-state index in [1.807, 2.05) is 26.0 Å². The van der Waals surface area contributed by atoms with E-state index in [2.05, 4.69) is 11.4 Å². The Morgan fingerprint density at radius 2 is 1.95 bits per heavy atom. The van der Waals surface area contributed by atoms with Crippen LogP contribution in [-0.4, -0.2) is 13.1 Å². The summed E-state index contributed by atoms with van der Waals surface area (Å²) in [5, 5.41) is 4.09. The van der Waals surface area contributed by atoms with E-state index in [0.717, 1.165) is 19.5 Å². The monoisotopic (exact) mass is 518 g/mol. The Morgan fingerprint density at radius 3 is 2.55 bits per heavy atom. The average Bonchev–Trinajstić information content (AvgIpc) is 2.67. The molecule has 1 fully saturated rings. The molecule has 2 aliphatic rings. The molecule has 2 nitrogen and oxygen atoms in total. The molecule has 0 bridgehead atoms. The largest absolute Gasteiger partial charge is 2.00 e. The Morgan fingerprint density at radius 1 is 1.35 bits per heavy atom. The molecule has 4 heteroatoms. The van der Waals surface area contributed by atoms with Gasteiger partial charge in [-0.1, -0.05) is 25.3 Å². The van der Waals surface area contributed by atoms with E-state index in [4.69, 9.17) is 17.3 Å². The van der Waals surface area contributed by atoms with Gasteiger partial charge >= 0.3 is 31.1 Å². The Labute approximate surface area is 152 Å². The van der Waals surface area contributed by atoms with Crippen molar-refractivity contribution in [3.63, 3.8) is 0 Å². The number of nitrogens with two attached hydrogens (primary N) is 1. The molecular weight excluding hydrogens is 494 g/mol. The van der Waals surface area contributed by atoms with Crippen molar-refractivity contribution in [2.75, 3.05) is 13.1 Å². The predicted octanol–water partition coefficient (Wildman–Crippen LogP) is 3.54. The van der Waals surface area contributed by atoms with E-state index in [1.54, 1.807) is 0 Å². The number of hydrogen-bond acceptors (Lipinski definition) is 2. The van der Waals surface area contributed by atoms with Gasteiger partial charge in [-0.25, -0.2) is 0 Å². The molecule has 1 aromatic carbocycles. The first-order valence-electron chi connectivity index (χ1n) is 6.88. The van der Waals surface area contributed by atoms with Gasteiger partial charge in [-0.3, -0.25) is 0 Å². The first-order valence-corrected chi connectivity index (χ1v) is 7.25. The first-order chi connectivity index (χ1) is 8.71. The maximum Gasteiger partial charge on any atom is 2.00 e. The van der Waals surface area contributed by atoms with Crippen molar-refractivity contribution in [2.45, 2.75) is 39.2 Å². The molecule has 3 N–H and O–H groups in total. The van der Waals surface area contributed by atoms with Gasteiger partial charge in [-0.15, -0.1) is 23.2 Å². The molecule has 20 heavy (non-hydrogen) atoms. The smallest absolute Gasteiger partial charge is 0.358 e. The van der Waals surface area contributed by atoms with Crippen LogP contribution < -0.4 is 11.1 Å². The standard InChI is InChI=1S/C13H16ClN2.C2H6.CH3.U/c14-10-2-1-9-8-13(3-5-16-6-4-13)12(15)11(9)7-10;1-2;;/h1,7,12,16H,3-6,8,15H2;1-2H3;1H3;/q-1;;-1;+2. The van der Waals surface area contributed by atoms with Crippen molar-refractivity contribution in [1.82, 2.24) is 5.32 Å². The van der Waals surface area contributed by atoms with Crippen molar-refractivity contribution in [2.24, 2.45) is 11.1 Å². The van der Waals surface area contributed by atoms with Gasteiger partial charge in [0.25, 0.3) is 0 Å². The predicted molar refractivity (Wildman–Crippen MR) is 83.2 cm³/mol. The Balaban J connectivity index is 0.000000866. The van der Waals surface area contributed by atoms with Crippen LogP contribution in [0.25, 0.3) is 0 Å². The third-order valence-electron chi connectivity index (χ3n) is 4.17. The van der Waals surface area contributed by atoms with Crippen molar-refractivity contribution in [1.29, 1.82) is 0 Å². The number of halogens is 1. The van der Waals surface area contributed by atoms with Crippen LogP contribution in [-0.2, 0) is 6.42 Å². The van der Waals surface area contributed by atoms with Gasteiger partial charge in [0.05, 0.1) is 0 Å². The Hall–Kier alpha value is 0.482. The third-order valence-corrected chi connectivity index (χ3v) is 4.39. The van der Waals surface area contributed by atoms with Crippen LogP contribution in [0.2, 0.25) is 5.02 Å². The van der Waals surface area contributed by atoms with E-state index in [1.165, 1.54) is 24.0 Å². The minimum atomic E-state index is 0. The summed E-state index contributed by atoms with van der Waals surface area (Å²) in [6.45, 7) is 6.16. The van der Waals surface area contributed by atoms with Crippen LogP contribution in [0.1, 0.15) is 43.9 Å². The Kier molecular flexibility index (Phi) is 9.02. The van der Waals surface area contributed by atoms with E-state index >= 15 is 0 Å². The van der Waals surface area contributed by atoms with Crippen molar-refractivity contribution in [3.05, 3.63) is 41.8 Å². The molecule has 1 saturated heterocycles. The van der Waals surface area contributed by atoms with E-state index in [9.17, 15) is 0 Å². The fraction of sp³-hybridized carbons (Fsp3) is 0.562. The maximum absolute atomic E-state index is 6.42. The second-order valence-corrected chi connectivity index (χ2v) is 5.44. The molecular formula is C16H25ClN2U. The van der Waals surface area contributed by atoms with Gasteiger partial charge in [-0.05, 0) is 31.3 Å². The molecule has 1 aromatic rings. The average molecular weight is 519 g/mol. The van der Waals surface area contributed by atoms with Gasteiger partial charge < -0.3 is 18.5 Å². The molecule has 1 atom stereocenters. The summed E-state index contributed by atoms with van der Waals surface area (Å²) < 4.78 is 0. The molecule has 1 aliphatic heterocycles. The molecule has 1 spiro atoms. The second kappa shape index (κ2) is 8.81. The normalized spacial score (nSPS) is 21.9.